The number of thiazole rings is 1. The summed E-state index contributed by atoms with van der Waals surface area (Å²) in [5.41, 5.74) is 2.23. The molecule has 5 nitrogen and oxygen atoms in total. The van der Waals surface area contributed by atoms with E-state index < -0.39 is 0 Å². The predicted molar refractivity (Wildman–Crippen MR) is 66.3 cm³/mol. The number of anilines is 1. The van der Waals surface area contributed by atoms with Crippen molar-refractivity contribution in [2.24, 2.45) is 0 Å². The van der Waals surface area contributed by atoms with Crippen molar-refractivity contribution in [3.63, 3.8) is 0 Å². The Labute approximate surface area is 103 Å². The summed E-state index contributed by atoms with van der Waals surface area (Å²) in [5, 5.41) is 7.89. The molecule has 0 radical (unpaired) electrons. The first-order valence-corrected chi connectivity index (χ1v) is 6.13. The molecule has 1 aliphatic rings. The van der Waals surface area contributed by atoms with E-state index in [0.717, 1.165) is 24.2 Å². The molecule has 0 bridgehead atoms. The topological polar surface area (TPSA) is 71.1 Å². The van der Waals surface area contributed by atoms with E-state index in [1.54, 1.807) is 12.3 Å². The van der Waals surface area contributed by atoms with Crippen molar-refractivity contribution in [1.82, 2.24) is 10.3 Å². The highest BCUT2D eigenvalue weighted by Gasteiger charge is 2.17. The number of nitrogens with zero attached hydrogens (tertiary/aromatic N) is 1. The summed E-state index contributed by atoms with van der Waals surface area (Å²) in [5.74, 6) is -0.244. The molecule has 2 heterocycles. The van der Waals surface area contributed by atoms with Crippen molar-refractivity contribution in [3.8, 4) is 0 Å². The molecule has 90 valence electrons. The largest absolute Gasteiger partial charge is 0.309 e. The van der Waals surface area contributed by atoms with Gasteiger partial charge in [0.15, 0.2) is 10.9 Å². The number of carbonyl (C=O) groups excluding carboxylic acids is 2. The second-order valence-corrected chi connectivity index (χ2v) is 4.74. The van der Waals surface area contributed by atoms with Crippen molar-refractivity contribution in [2.45, 2.75) is 13.8 Å². The van der Waals surface area contributed by atoms with Crippen LogP contribution >= 0.6 is 11.3 Å². The molecule has 0 atom stereocenters. The summed E-state index contributed by atoms with van der Waals surface area (Å²) in [6, 6.07) is 0. The summed E-state index contributed by atoms with van der Waals surface area (Å²) in [6.07, 6.45) is 0. The van der Waals surface area contributed by atoms with Gasteiger partial charge >= 0.3 is 0 Å². The number of carbonyl (C=O) groups is 2. The standard InChI is InChI=1S/C11H13N3O2S/c1-6(8-3-12-4-8)10(16)14-11-13-9(5-17-11)7(2)15/h5,12H,3-4H2,1-2H3,(H,13,14,16). The van der Waals surface area contributed by atoms with Gasteiger partial charge in [0, 0.05) is 31.0 Å². The first-order chi connectivity index (χ1) is 8.08. The Bertz CT molecular complexity index is 499. The van der Waals surface area contributed by atoms with Gasteiger partial charge in [-0.1, -0.05) is 0 Å². The number of amides is 1. The zero-order valence-corrected chi connectivity index (χ0v) is 10.5. The minimum Gasteiger partial charge on any atom is -0.309 e. The van der Waals surface area contributed by atoms with Crippen molar-refractivity contribution in [3.05, 3.63) is 22.2 Å². The zero-order chi connectivity index (χ0) is 12.4. The van der Waals surface area contributed by atoms with Gasteiger partial charge < -0.3 is 5.32 Å². The van der Waals surface area contributed by atoms with E-state index in [1.807, 2.05) is 0 Å². The highest BCUT2D eigenvalue weighted by atomic mass is 32.1. The van der Waals surface area contributed by atoms with Crippen molar-refractivity contribution >= 4 is 28.2 Å². The molecule has 17 heavy (non-hydrogen) atoms. The van der Waals surface area contributed by atoms with Crippen LogP contribution in [-0.2, 0) is 4.79 Å². The monoisotopic (exact) mass is 251 g/mol. The number of nitrogens with one attached hydrogen (secondary N) is 2. The molecule has 2 N–H and O–H groups in total. The van der Waals surface area contributed by atoms with E-state index in [1.165, 1.54) is 18.3 Å². The van der Waals surface area contributed by atoms with Gasteiger partial charge in [0.2, 0.25) is 0 Å². The van der Waals surface area contributed by atoms with E-state index in [-0.39, 0.29) is 11.7 Å². The van der Waals surface area contributed by atoms with Crippen molar-refractivity contribution in [1.29, 1.82) is 0 Å². The summed E-state index contributed by atoms with van der Waals surface area (Å²) < 4.78 is 0. The van der Waals surface area contributed by atoms with Crippen LogP contribution in [0, 0.1) is 0 Å². The lowest BCUT2D eigenvalue weighted by Gasteiger charge is -2.21. The van der Waals surface area contributed by atoms with Crippen LogP contribution in [-0.4, -0.2) is 29.8 Å². The molecule has 0 aliphatic carbocycles. The Morgan fingerprint density at radius 2 is 2.12 bits per heavy atom. The Kier molecular flexibility index (Phi) is 3.35. The smallest absolute Gasteiger partial charge is 0.253 e. The SMILES string of the molecule is CC(=O)c1csc(NC(=O)C(C)=C2CNC2)n1. The van der Waals surface area contributed by atoms with Gasteiger partial charge in [0.25, 0.3) is 5.91 Å². The van der Waals surface area contributed by atoms with Crippen LogP contribution < -0.4 is 10.6 Å². The lowest BCUT2D eigenvalue weighted by Crippen LogP contribution is -2.36. The Balaban J connectivity index is 2.05. The van der Waals surface area contributed by atoms with Crippen molar-refractivity contribution < 1.29 is 9.59 Å². The third-order valence-electron chi connectivity index (χ3n) is 2.63. The van der Waals surface area contributed by atoms with Gasteiger partial charge in [-0.2, -0.15) is 0 Å². The molecule has 1 fully saturated rings. The molecule has 1 aromatic heterocycles. The number of aromatic nitrogens is 1. The van der Waals surface area contributed by atoms with Crippen LogP contribution in [0.25, 0.3) is 0 Å². The molecule has 1 aliphatic heterocycles. The molecule has 0 spiro atoms. The van der Waals surface area contributed by atoms with Crippen LogP contribution in [0.1, 0.15) is 24.3 Å². The molecular formula is C11H13N3O2S. The normalized spacial score (nSPS) is 14.1. The molecule has 2 rings (SSSR count). The molecule has 0 unspecified atom stereocenters. The number of hydrogen-bond donors (Lipinski definition) is 2. The molecule has 0 aromatic carbocycles. The molecule has 0 saturated carbocycles. The average molecular weight is 251 g/mol. The predicted octanol–water partition coefficient (Wildman–Crippen LogP) is 1.20. The van der Waals surface area contributed by atoms with E-state index in [2.05, 4.69) is 15.6 Å². The molecule has 6 heteroatoms. The maximum Gasteiger partial charge on any atom is 0.253 e. The fraction of sp³-hybridized carbons (Fsp3) is 0.364. The minimum absolute atomic E-state index is 0.0972. The number of ketones is 1. The van der Waals surface area contributed by atoms with Crippen LogP contribution in [0.15, 0.2) is 16.5 Å². The maximum atomic E-state index is 11.8. The maximum absolute atomic E-state index is 11.8. The second-order valence-electron chi connectivity index (χ2n) is 3.88. The van der Waals surface area contributed by atoms with Gasteiger partial charge in [-0.15, -0.1) is 11.3 Å². The van der Waals surface area contributed by atoms with Crippen molar-refractivity contribution in [2.75, 3.05) is 18.4 Å². The van der Waals surface area contributed by atoms with Crippen LogP contribution in [0.3, 0.4) is 0 Å². The number of hydrogen-bond acceptors (Lipinski definition) is 5. The van der Waals surface area contributed by atoms with E-state index in [4.69, 9.17) is 0 Å². The third kappa shape index (κ3) is 2.59. The summed E-state index contributed by atoms with van der Waals surface area (Å²) in [7, 11) is 0. The molecule has 1 aromatic rings. The quantitative estimate of drug-likeness (QED) is 0.625. The summed E-state index contributed by atoms with van der Waals surface area (Å²) in [6.45, 7) is 4.80. The Morgan fingerprint density at radius 1 is 1.41 bits per heavy atom. The van der Waals surface area contributed by atoms with E-state index in [9.17, 15) is 9.59 Å². The van der Waals surface area contributed by atoms with Gasteiger partial charge in [-0.3, -0.25) is 14.9 Å². The molecule has 1 saturated heterocycles. The van der Waals surface area contributed by atoms with Gasteiger partial charge in [-0.05, 0) is 12.5 Å². The van der Waals surface area contributed by atoms with E-state index >= 15 is 0 Å². The fourth-order valence-electron chi connectivity index (χ4n) is 1.36. The molecule has 1 amide bonds. The zero-order valence-electron chi connectivity index (χ0n) is 9.66. The van der Waals surface area contributed by atoms with Crippen LogP contribution in [0.4, 0.5) is 5.13 Å². The van der Waals surface area contributed by atoms with Crippen LogP contribution in [0.5, 0.6) is 0 Å². The average Bonchev–Trinajstić information content (AvgIpc) is 2.63. The fourth-order valence-corrected chi connectivity index (χ4v) is 2.10. The second kappa shape index (κ2) is 4.77. The Hall–Kier alpha value is -1.53. The summed E-state index contributed by atoms with van der Waals surface area (Å²) >= 11 is 1.26. The first kappa shape index (κ1) is 11.9. The highest BCUT2D eigenvalue weighted by molar-refractivity contribution is 7.14. The lowest BCUT2D eigenvalue weighted by atomic mass is 10.0. The lowest BCUT2D eigenvalue weighted by molar-refractivity contribution is -0.112. The van der Waals surface area contributed by atoms with Gasteiger partial charge in [0.05, 0.1) is 0 Å². The van der Waals surface area contributed by atoms with Gasteiger partial charge in [0.1, 0.15) is 5.69 Å². The highest BCUT2D eigenvalue weighted by Crippen LogP contribution is 2.17. The third-order valence-corrected chi connectivity index (χ3v) is 3.39. The minimum atomic E-state index is -0.147. The number of rotatable bonds is 3. The van der Waals surface area contributed by atoms with Gasteiger partial charge in [-0.25, -0.2) is 4.98 Å². The number of Topliss-reactive ketones (excluding diaryl/α,β-unsaturated/α-hetero) is 1. The first-order valence-electron chi connectivity index (χ1n) is 5.25. The molecular weight excluding hydrogens is 238 g/mol. The van der Waals surface area contributed by atoms with E-state index in [0.29, 0.717) is 10.8 Å². The Morgan fingerprint density at radius 3 is 2.59 bits per heavy atom. The summed E-state index contributed by atoms with van der Waals surface area (Å²) in [4.78, 5) is 26.9. The van der Waals surface area contributed by atoms with Crippen LogP contribution in [0.2, 0.25) is 0 Å².